The molecule has 3 rings (SSSR count). The molecule has 1 aromatic heterocycles. The molecule has 0 aliphatic carbocycles. The van der Waals surface area contributed by atoms with Crippen LogP contribution in [0.4, 0.5) is 5.13 Å². The monoisotopic (exact) mass is 364 g/mol. The lowest BCUT2D eigenvalue weighted by Gasteiger charge is -2.35. The summed E-state index contributed by atoms with van der Waals surface area (Å²) in [5.74, 6) is 2.36. The van der Waals surface area contributed by atoms with Crippen molar-refractivity contribution in [3.63, 3.8) is 0 Å². The van der Waals surface area contributed by atoms with Crippen LogP contribution in [0.1, 0.15) is 26.7 Å². The van der Waals surface area contributed by atoms with Crippen LogP contribution in [0, 0.1) is 11.8 Å². The van der Waals surface area contributed by atoms with Crippen molar-refractivity contribution in [2.75, 3.05) is 57.3 Å². The van der Waals surface area contributed by atoms with Crippen LogP contribution < -0.4 is 10.6 Å². The Labute approximate surface area is 155 Å². The van der Waals surface area contributed by atoms with E-state index in [1.807, 2.05) is 11.6 Å². The van der Waals surface area contributed by atoms with Gasteiger partial charge in [-0.2, -0.15) is 0 Å². The molecule has 1 aromatic rings. The Morgan fingerprint density at radius 3 is 2.60 bits per heavy atom. The number of thiazole rings is 1. The number of piperidine rings is 1. The minimum Gasteiger partial charge on any atom is -0.370 e. The van der Waals surface area contributed by atoms with E-state index < -0.39 is 0 Å². The quantitative estimate of drug-likeness (QED) is 0.492. The lowest BCUT2D eigenvalue weighted by Crippen LogP contribution is -2.51. The first kappa shape index (κ1) is 18.5. The third-order valence-corrected chi connectivity index (χ3v) is 5.98. The van der Waals surface area contributed by atoms with Crippen molar-refractivity contribution in [2.45, 2.75) is 26.7 Å². The summed E-state index contributed by atoms with van der Waals surface area (Å²) in [6.07, 6.45) is 4.33. The molecule has 0 saturated carbocycles. The zero-order valence-electron chi connectivity index (χ0n) is 15.6. The summed E-state index contributed by atoms with van der Waals surface area (Å²) in [6, 6.07) is 0. The van der Waals surface area contributed by atoms with Crippen LogP contribution >= 0.6 is 11.3 Å². The summed E-state index contributed by atoms with van der Waals surface area (Å²) >= 11 is 1.70. The van der Waals surface area contributed by atoms with Crippen molar-refractivity contribution in [2.24, 2.45) is 22.6 Å². The maximum atomic E-state index is 6.21. The highest BCUT2D eigenvalue weighted by Crippen LogP contribution is 2.21. The smallest absolute Gasteiger partial charge is 0.191 e. The molecule has 2 unspecified atom stereocenters. The summed E-state index contributed by atoms with van der Waals surface area (Å²) in [5.41, 5.74) is 6.21. The largest absolute Gasteiger partial charge is 0.370 e. The van der Waals surface area contributed by atoms with Crippen LogP contribution in [0.5, 0.6) is 0 Å². The molecular weight excluding hydrogens is 332 g/mol. The molecule has 0 radical (unpaired) electrons. The van der Waals surface area contributed by atoms with Crippen molar-refractivity contribution in [1.29, 1.82) is 0 Å². The molecule has 2 N–H and O–H groups in total. The topological polar surface area (TPSA) is 61.0 Å². The Bertz CT molecular complexity index is 528. The van der Waals surface area contributed by atoms with Gasteiger partial charge in [-0.1, -0.05) is 13.8 Å². The number of piperazine rings is 1. The molecule has 2 saturated heterocycles. The van der Waals surface area contributed by atoms with E-state index in [1.165, 1.54) is 19.5 Å². The van der Waals surface area contributed by atoms with Crippen LogP contribution in [0.15, 0.2) is 16.6 Å². The molecule has 0 spiro atoms. The number of hydrogen-bond acceptors (Lipinski definition) is 5. The van der Waals surface area contributed by atoms with E-state index in [4.69, 9.17) is 5.73 Å². The van der Waals surface area contributed by atoms with Gasteiger partial charge < -0.3 is 20.4 Å². The normalized spacial score (nSPS) is 26.2. The second-order valence-corrected chi connectivity index (χ2v) is 8.46. The van der Waals surface area contributed by atoms with Crippen molar-refractivity contribution in [3.05, 3.63) is 11.6 Å². The van der Waals surface area contributed by atoms with E-state index in [1.54, 1.807) is 11.3 Å². The molecule has 2 aliphatic rings. The summed E-state index contributed by atoms with van der Waals surface area (Å²) < 4.78 is 0. The first-order valence-corrected chi connectivity index (χ1v) is 10.4. The number of nitrogens with two attached hydrogens (primary N) is 1. The highest BCUT2D eigenvalue weighted by Gasteiger charge is 2.21. The SMILES string of the molecule is CC1CC(C)CN(CCCN=C(N)N2CCN(c3nccs3)CC2)C1. The van der Waals surface area contributed by atoms with Crippen LogP contribution in [0.3, 0.4) is 0 Å². The minimum atomic E-state index is 0.708. The zero-order chi connectivity index (χ0) is 17.6. The predicted octanol–water partition coefficient (Wildman–Crippen LogP) is 1.95. The fourth-order valence-electron chi connectivity index (χ4n) is 4.06. The highest BCUT2D eigenvalue weighted by molar-refractivity contribution is 7.13. The van der Waals surface area contributed by atoms with Crippen molar-refractivity contribution >= 4 is 22.4 Å². The maximum absolute atomic E-state index is 6.21. The Morgan fingerprint density at radius 1 is 1.24 bits per heavy atom. The molecule has 0 amide bonds. The van der Waals surface area contributed by atoms with Crippen LogP contribution in [0.25, 0.3) is 0 Å². The van der Waals surface area contributed by atoms with Gasteiger partial charge in [0.15, 0.2) is 11.1 Å². The van der Waals surface area contributed by atoms with Gasteiger partial charge in [-0.15, -0.1) is 11.3 Å². The second kappa shape index (κ2) is 8.85. The Morgan fingerprint density at radius 2 is 1.96 bits per heavy atom. The Balaban J connectivity index is 1.36. The van der Waals surface area contributed by atoms with Gasteiger partial charge in [0.25, 0.3) is 0 Å². The number of aromatic nitrogens is 1. The first-order chi connectivity index (χ1) is 12.1. The molecule has 0 aromatic carbocycles. The van der Waals surface area contributed by atoms with E-state index in [0.29, 0.717) is 5.96 Å². The number of rotatable bonds is 5. The molecular formula is C18H32N6S. The van der Waals surface area contributed by atoms with Crippen LogP contribution in [-0.4, -0.2) is 73.1 Å². The third kappa shape index (κ3) is 5.31. The molecule has 6 nitrogen and oxygen atoms in total. The van der Waals surface area contributed by atoms with E-state index >= 15 is 0 Å². The van der Waals surface area contributed by atoms with Crippen molar-refractivity contribution in [3.8, 4) is 0 Å². The average Bonchev–Trinajstić information content (AvgIpc) is 3.12. The number of nitrogens with zero attached hydrogens (tertiary/aromatic N) is 5. The summed E-state index contributed by atoms with van der Waals surface area (Å²) in [7, 11) is 0. The van der Waals surface area contributed by atoms with E-state index in [2.05, 4.69) is 38.5 Å². The fourth-order valence-corrected chi connectivity index (χ4v) is 4.76. The molecule has 140 valence electrons. The molecule has 2 atom stereocenters. The summed E-state index contributed by atoms with van der Waals surface area (Å²) in [6.45, 7) is 13.0. The molecule has 2 fully saturated rings. The van der Waals surface area contributed by atoms with Gasteiger partial charge in [-0.25, -0.2) is 4.98 Å². The standard InChI is InChI=1S/C18H32N6S/c1-15-12-16(2)14-22(13-15)6-3-4-20-17(19)23-7-9-24(10-8-23)18-21-5-11-25-18/h5,11,15-16H,3-4,6-10,12-14H2,1-2H3,(H2,19,20). The number of guanidine groups is 1. The molecule has 25 heavy (non-hydrogen) atoms. The molecule has 2 aliphatic heterocycles. The highest BCUT2D eigenvalue weighted by atomic mass is 32.1. The van der Waals surface area contributed by atoms with Crippen molar-refractivity contribution < 1.29 is 0 Å². The molecule has 7 heteroatoms. The zero-order valence-corrected chi connectivity index (χ0v) is 16.4. The Hall–Kier alpha value is -1.34. The molecule has 0 bridgehead atoms. The third-order valence-electron chi connectivity index (χ3n) is 5.14. The van der Waals surface area contributed by atoms with Gasteiger partial charge in [-0.05, 0) is 31.2 Å². The van der Waals surface area contributed by atoms with Gasteiger partial charge in [0.2, 0.25) is 0 Å². The van der Waals surface area contributed by atoms with Gasteiger partial charge in [0, 0.05) is 57.4 Å². The summed E-state index contributed by atoms with van der Waals surface area (Å²) in [4.78, 5) is 16.1. The first-order valence-electron chi connectivity index (χ1n) is 9.53. The van der Waals surface area contributed by atoms with Gasteiger partial charge in [-0.3, -0.25) is 4.99 Å². The fraction of sp³-hybridized carbons (Fsp3) is 0.778. The maximum Gasteiger partial charge on any atom is 0.191 e. The lowest BCUT2D eigenvalue weighted by atomic mass is 9.92. The number of hydrogen-bond donors (Lipinski definition) is 1. The predicted molar refractivity (Wildman–Crippen MR) is 106 cm³/mol. The minimum absolute atomic E-state index is 0.708. The van der Waals surface area contributed by atoms with E-state index in [0.717, 1.165) is 62.7 Å². The van der Waals surface area contributed by atoms with Crippen molar-refractivity contribution in [1.82, 2.24) is 14.8 Å². The van der Waals surface area contributed by atoms with E-state index in [-0.39, 0.29) is 0 Å². The second-order valence-electron chi connectivity index (χ2n) is 7.59. The van der Waals surface area contributed by atoms with Crippen LogP contribution in [-0.2, 0) is 0 Å². The number of likely N-dealkylation sites (tertiary alicyclic amines) is 1. The lowest BCUT2D eigenvalue weighted by molar-refractivity contribution is 0.140. The van der Waals surface area contributed by atoms with Crippen LogP contribution in [0.2, 0.25) is 0 Å². The Kier molecular flexibility index (Phi) is 6.53. The number of aliphatic imine (C=N–C) groups is 1. The summed E-state index contributed by atoms with van der Waals surface area (Å²) in [5, 5.41) is 3.14. The van der Waals surface area contributed by atoms with Gasteiger partial charge >= 0.3 is 0 Å². The molecule has 3 heterocycles. The number of anilines is 1. The average molecular weight is 365 g/mol. The van der Waals surface area contributed by atoms with Gasteiger partial charge in [0.05, 0.1) is 0 Å². The van der Waals surface area contributed by atoms with Gasteiger partial charge in [0.1, 0.15) is 0 Å². The van der Waals surface area contributed by atoms with E-state index in [9.17, 15) is 0 Å².